The highest BCUT2D eigenvalue weighted by Crippen LogP contribution is 2.12. The maximum absolute atomic E-state index is 12.1. The molecule has 0 aliphatic heterocycles. The number of aromatic nitrogens is 4. The molecule has 1 amide bonds. The summed E-state index contributed by atoms with van der Waals surface area (Å²) in [6.45, 7) is 0.545. The second kappa shape index (κ2) is 9.65. The summed E-state index contributed by atoms with van der Waals surface area (Å²) >= 11 is 0. The van der Waals surface area contributed by atoms with Crippen LogP contribution in [0.4, 0.5) is 10.5 Å². The predicted molar refractivity (Wildman–Crippen MR) is 107 cm³/mol. The highest BCUT2D eigenvalue weighted by atomic mass is 16.6. The lowest BCUT2D eigenvalue weighted by molar-refractivity contribution is 0.107. The fraction of sp³-hybridized carbons (Fsp3) is 0.300. The van der Waals surface area contributed by atoms with Gasteiger partial charge in [0, 0.05) is 32.1 Å². The molecule has 1 N–H and O–H groups in total. The molecule has 0 unspecified atom stereocenters. The SMILES string of the molecule is COCCOC(=O)Nc1ccc(CCc2nn(-c3cnn(C)c3)ccc2=O)cc1. The van der Waals surface area contributed by atoms with Gasteiger partial charge < -0.3 is 9.47 Å². The molecule has 0 atom stereocenters. The van der Waals surface area contributed by atoms with Gasteiger partial charge in [-0.05, 0) is 30.5 Å². The fourth-order valence-electron chi connectivity index (χ4n) is 2.68. The van der Waals surface area contributed by atoms with E-state index in [1.165, 1.54) is 6.07 Å². The largest absolute Gasteiger partial charge is 0.447 e. The molecule has 0 bridgehead atoms. The quantitative estimate of drug-likeness (QED) is 0.583. The lowest BCUT2D eigenvalue weighted by atomic mass is 10.1. The Morgan fingerprint density at radius 3 is 2.62 bits per heavy atom. The number of nitrogens with zero attached hydrogens (tertiary/aromatic N) is 4. The van der Waals surface area contributed by atoms with Gasteiger partial charge in [-0.15, -0.1) is 0 Å². The van der Waals surface area contributed by atoms with E-state index in [0.717, 1.165) is 11.3 Å². The molecule has 0 radical (unpaired) electrons. The number of nitrogens with one attached hydrogen (secondary N) is 1. The van der Waals surface area contributed by atoms with Crippen molar-refractivity contribution < 1.29 is 14.3 Å². The third kappa shape index (κ3) is 5.76. The van der Waals surface area contributed by atoms with Crippen molar-refractivity contribution in [3.05, 3.63) is 70.4 Å². The predicted octanol–water partition coefficient (Wildman–Crippen LogP) is 1.95. The molecule has 3 aromatic rings. The van der Waals surface area contributed by atoms with E-state index >= 15 is 0 Å². The molecule has 29 heavy (non-hydrogen) atoms. The van der Waals surface area contributed by atoms with Crippen LogP contribution in [0.3, 0.4) is 0 Å². The Hall–Kier alpha value is -3.46. The number of aryl methyl sites for hydroxylation is 3. The number of carbonyl (C=O) groups is 1. The van der Waals surface area contributed by atoms with Gasteiger partial charge in [0.25, 0.3) is 0 Å². The summed E-state index contributed by atoms with van der Waals surface area (Å²) in [7, 11) is 3.36. The summed E-state index contributed by atoms with van der Waals surface area (Å²) in [6.07, 6.45) is 5.78. The van der Waals surface area contributed by atoms with E-state index in [4.69, 9.17) is 9.47 Å². The third-order valence-corrected chi connectivity index (χ3v) is 4.21. The number of ether oxygens (including phenoxy) is 2. The van der Waals surface area contributed by atoms with Crippen molar-refractivity contribution in [2.45, 2.75) is 12.8 Å². The number of anilines is 1. The van der Waals surface area contributed by atoms with Gasteiger partial charge in [0.15, 0.2) is 0 Å². The Balaban J connectivity index is 1.59. The maximum Gasteiger partial charge on any atom is 0.411 e. The van der Waals surface area contributed by atoms with E-state index in [-0.39, 0.29) is 12.0 Å². The molecule has 0 aliphatic carbocycles. The monoisotopic (exact) mass is 397 g/mol. The van der Waals surface area contributed by atoms with Crippen molar-refractivity contribution in [3.8, 4) is 5.69 Å². The second-order valence-electron chi connectivity index (χ2n) is 6.39. The summed E-state index contributed by atoms with van der Waals surface area (Å²) in [6, 6.07) is 8.89. The maximum atomic E-state index is 12.1. The van der Waals surface area contributed by atoms with Gasteiger partial charge in [0.05, 0.1) is 19.0 Å². The lowest BCUT2D eigenvalue weighted by Gasteiger charge is -2.08. The minimum Gasteiger partial charge on any atom is -0.447 e. The molecule has 152 valence electrons. The molecule has 0 saturated heterocycles. The minimum atomic E-state index is -0.528. The molecule has 9 heteroatoms. The number of benzene rings is 1. The minimum absolute atomic E-state index is 0.0952. The molecule has 3 rings (SSSR count). The molecule has 0 saturated carbocycles. The van der Waals surface area contributed by atoms with Gasteiger partial charge in [0.2, 0.25) is 5.43 Å². The smallest absolute Gasteiger partial charge is 0.411 e. The number of hydrogen-bond donors (Lipinski definition) is 1. The number of carbonyl (C=O) groups excluding carboxylic acids is 1. The van der Waals surface area contributed by atoms with Crippen LogP contribution in [0, 0.1) is 0 Å². The molecule has 0 spiro atoms. The van der Waals surface area contributed by atoms with E-state index in [1.807, 2.05) is 25.4 Å². The van der Waals surface area contributed by atoms with E-state index < -0.39 is 6.09 Å². The Morgan fingerprint density at radius 1 is 1.14 bits per heavy atom. The zero-order valence-corrected chi connectivity index (χ0v) is 16.4. The van der Waals surface area contributed by atoms with Crippen LogP contribution in [-0.2, 0) is 29.4 Å². The Labute approximate surface area is 167 Å². The van der Waals surface area contributed by atoms with Crippen LogP contribution in [0.15, 0.2) is 53.7 Å². The summed E-state index contributed by atoms with van der Waals surface area (Å²) < 4.78 is 13.1. The van der Waals surface area contributed by atoms with Crippen molar-refractivity contribution in [1.82, 2.24) is 19.6 Å². The molecular weight excluding hydrogens is 374 g/mol. The van der Waals surface area contributed by atoms with E-state index in [1.54, 1.807) is 41.0 Å². The van der Waals surface area contributed by atoms with Crippen LogP contribution in [0.25, 0.3) is 5.69 Å². The highest BCUT2D eigenvalue weighted by molar-refractivity contribution is 5.84. The number of hydrogen-bond acceptors (Lipinski definition) is 6. The normalized spacial score (nSPS) is 10.7. The van der Waals surface area contributed by atoms with E-state index in [9.17, 15) is 9.59 Å². The zero-order valence-electron chi connectivity index (χ0n) is 16.4. The topological polar surface area (TPSA) is 100 Å². The van der Waals surface area contributed by atoms with Crippen molar-refractivity contribution >= 4 is 11.8 Å². The Morgan fingerprint density at radius 2 is 1.93 bits per heavy atom. The molecular formula is C20H23N5O4. The van der Waals surface area contributed by atoms with E-state index in [2.05, 4.69) is 15.5 Å². The Bertz CT molecular complexity index is 1010. The average molecular weight is 397 g/mol. The molecule has 2 heterocycles. The van der Waals surface area contributed by atoms with Gasteiger partial charge in [-0.25, -0.2) is 9.48 Å². The van der Waals surface area contributed by atoms with Crippen molar-refractivity contribution in [2.75, 3.05) is 25.6 Å². The molecule has 9 nitrogen and oxygen atoms in total. The summed E-state index contributed by atoms with van der Waals surface area (Å²) in [5.41, 5.74) is 2.85. The van der Waals surface area contributed by atoms with Crippen molar-refractivity contribution in [2.24, 2.45) is 7.05 Å². The van der Waals surface area contributed by atoms with Crippen molar-refractivity contribution in [1.29, 1.82) is 0 Å². The molecule has 1 aromatic carbocycles. The lowest BCUT2D eigenvalue weighted by Crippen LogP contribution is -2.17. The first-order valence-corrected chi connectivity index (χ1v) is 9.14. The first-order chi connectivity index (χ1) is 14.0. The first kappa shape index (κ1) is 20.3. The van der Waals surface area contributed by atoms with Crippen molar-refractivity contribution in [3.63, 3.8) is 0 Å². The van der Waals surface area contributed by atoms with Gasteiger partial charge in [-0.2, -0.15) is 10.2 Å². The number of methoxy groups -OCH3 is 1. The van der Waals surface area contributed by atoms with Crippen LogP contribution in [0.1, 0.15) is 11.3 Å². The number of amides is 1. The zero-order chi connectivity index (χ0) is 20.6. The number of rotatable bonds is 8. The summed E-state index contributed by atoms with van der Waals surface area (Å²) in [5.74, 6) is 0. The first-order valence-electron chi connectivity index (χ1n) is 9.14. The highest BCUT2D eigenvalue weighted by Gasteiger charge is 2.07. The summed E-state index contributed by atoms with van der Waals surface area (Å²) in [4.78, 5) is 23.8. The molecule has 0 aliphatic rings. The average Bonchev–Trinajstić information content (AvgIpc) is 3.15. The van der Waals surface area contributed by atoms with Gasteiger partial charge in [0.1, 0.15) is 18.0 Å². The van der Waals surface area contributed by atoms with Crippen LogP contribution in [0.5, 0.6) is 0 Å². The van der Waals surface area contributed by atoms with Crippen LogP contribution in [-0.4, -0.2) is 46.0 Å². The van der Waals surface area contributed by atoms with Gasteiger partial charge in [-0.1, -0.05) is 12.1 Å². The van der Waals surface area contributed by atoms with Crippen LogP contribution in [0.2, 0.25) is 0 Å². The fourth-order valence-corrected chi connectivity index (χ4v) is 2.68. The van der Waals surface area contributed by atoms with E-state index in [0.29, 0.717) is 30.8 Å². The standard InChI is InChI=1S/C20H23N5O4/c1-24-14-17(13-21-24)25-10-9-19(26)18(23-25)8-5-15-3-6-16(7-4-15)22-20(27)29-12-11-28-2/h3-4,6-7,9-10,13-14H,5,8,11-12H2,1-2H3,(H,22,27). The molecule has 0 fully saturated rings. The van der Waals surface area contributed by atoms with Gasteiger partial charge in [-0.3, -0.25) is 14.8 Å². The van der Waals surface area contributed by atoms with Gasteiger partial charge >= 0.3 is 6.09 Å². The third-order valence-electron chi connectivity index (χ3n) is 4.21. The summed E-state index contributed by atoms with van der Waals surface area (Å²) in [5, 5.41) is 11.2. The van der Waals surface area contributed by atoms with Crippen LogP contribution < -0.4 is 10.7 Å². The van der Waals surface area contributed by atoms with Crippen LogP contribution >= 0.6 is 0 Å². The Kier molecular flexibility index (Phi) is 6.75. The second-order valence-corrected chi connectivity index (χ2v) is 6.39. The molecule has 2 aromatic heterocycles.